The van der Waals surface area contributed by atoms with E-state index in [-0.39, 0.29) is 23.7 Å². The summed E-state index contributed by atoms with van der Waals surface area (Å²) in [5.74, 6) is 1.23. The van der Waals surface area contributed by atoms with Crippen molar-refractivity contribution in [1.29, 1.82) is 0 Å². The lowest BCUT2D eigenvalue weighted by Gasteiger charge is -2.26. The molecule has 2 aliphatic heterocycles. The smallest absolute Gasteiger partial charge is 0.227 e. The van der Waals surface area contributed by atoms with E-state index in [0.29, 0.717) is 26.1 Å². The Hall–Kier alpha value is -1.89. The molecule has 136 valence electrons. The van der Waals surface area contributed by atoms with Gasteiger partial charge >= 0.3 is 0 Å². The third-order valence-electron chi connectivity index (χ3n) is 5.70. The highest BCUT2D eigenvalue weighted by atomic mass is 16.2. The van der Waals surface area contributed by atoms with Gasteiger partial charge in [0, 0.05) is 64.9 Å². The van der Waals surface area contributed by atoms with Crippen molar-refractivity contribution in [2.24, 2.45) is 18.9 Å². The number of aromatic nitrogens is 2. The summed E-state index contributed by atoms with van der Waals surface area (Å²) in [7, 11) is 1.92. The van der Waals surface area contributed by atoms with Crippen molar-refractivity contribution in [3.05, 3.63) is 18.0 Å². The lowest BCUT2D eigenvalue weighted by atomic mass is 9.89. The Morgan fingerprint density at radius 3 is 2.88 bits per heavy atom. The predicted octanol–water partition coefficient (Wildman–Crippen LogP) is 0.194. The van der Waals surface area contributed by atoms with Gasteiger partial charge in [0.25, 0.3) is 0 Å². The molecule has 1 aromatic heterocycles. The first-order valence-corrected chi connectivity index (χ1v) is 9.36. The molecule has 7 heteroatoms. The van der Waals surface area contributed by atoms with Crippen LogP contribution in [0.15, 0.2) is 12.4 Å². The van der Waals surface area contributed by atoms with Crippen molar-refractivity contribution in [2.45, 2.75) is 25.2 Å². The second-order valence-corrected chi connectivity index (χ2v) is 7.75. The SMILES string of the molecule is Cn1cc([C@@H]2CN(CC3CC3)C[C@H]2C(=O)N2CCNC(=O)CC2)cn1. The van der Waals surface area contributed by atoms with Gasteiger partial charge in [-0.05, 0) is 24.3 Å². The molecule has 0 spiro atoms. The van der Waals surface area contributed by atoms with E-state index in [1.165, 1.54) is 12.8 Å². The van der Waals surface area contributed by atoms with Crippen molar-refractivity contribution in [2.75, 3.05) is 39.3 Å². The van der Waals surface area contributed by atoms with E-state index in [1.807, 2.05) is 29.0 Å². The minimum Gasteiger partial charge on any atom is -0.354 e. The highest BCUT2D eigenvalue weighted by molar-refractivity contribution is 5.82. The van der Waals surface area contributed by atoms with Gasteiger partial charge in [-0.25, -0.2) is 0 Å². The van der Waals surface area contributed by atoms with E-state index in [4.69, 9.17) is 0 Å². The summed E-state index contributed by atoms with van der Waals surface area (Å²) in [6.45, 7) is 4.57. The van der Waals surface area contributed by atoms with Crippen LogP contribution >= 0.6 is 0 Å². The first-order chi connectivity index (χ1) is 12.1. The van der Waals surface area contributed by atoms with Crippen molar-refractivity contribution >= 4 is 11.8 Å². The minimum atomic E-state index is -0.0313. The zero-order valence-corrected chi connectivity index (χ0v) is 14.9. The van der Waals surface area contributed by atoms with E-state index >= 15 is 0 Å². The number of nitrogens with one attached hydrogen (secondary N) is 1. The molecule has 3 heterocycles. The number of hydrogen-bond acceptors (Lipinski definition) is 4. The molecule has 2 saturated heterocycles. The van der Waals surface area contributed by atoms with Crippen LogP contribution in [0.1, 0.15) is 30.7 Å². The van der Waals surface area contributed by atoms with Crippen LogP contribution in [0.4, 0.5) is 0 Å². The lowest BCUT2D eigenvalue weighted by molar-refractivity contribution is -0.135. The van der Waals surface area contributed by atoms with E-state index in [1.54, 1.807) is 0 Å². The molecule has 2 amide bonds. The molecule has 1 aliphatic carbocycles. The monoisotopic (exact) mass is 345 g/mol. The Balaban J connectivity index is 1.51. The van der Waals surface area contributed by atoms with Gasteiger partial charge in [0.15, 0.2) is 0 Å². The summed E-state index contributed by atoms with van der Waals surface area (Å²) < 4.78 is 1.81. The summed E-state index contributed by atoms with van der Waals surface area (Å²) in [4.78, 5) is 29.1. The van der Waals surface area contributed by atoms with Crippen molar-refractivity contribution in [1.82, 2.24) is 24.9 Å². The van der Waals surface area contributed by atoms with E-state index in [2.05, 4.69) is 15.3 Å². The van der Waals surface area contributed by atoms with Crippen LogP contribution in [0, 0.1) is 11.8 Å². The molecule has 3 aliphatic rings. The van der Waals surface area contributed by atoms with Gasteiger partial charge in [0.1, 0.15) is 0 Å². The Morgan fingerprint density at radius 2 is 2.16 bits per heavy atom. The van der Waals surface area contributed by atoms with Crippen LogP contribution in [-0.2, 0) is 16.6 Å². The number of carbonyl (C=O) groups is 2. The van der Waals surface area contributed by atoms with Gasteiger partial charge < -0.3 is 15.1 Å². The zero-order valence-electron chi connectivity index (χ0n) is 14.9. The average molecular weight is 345 g/mol. The highest BCUT2D eigenvalue weighted by Gasteiger charge is 2.42. The van der Waals surface area contributed by atoms with Crippen LogP contribution < -0.4 is 5.32 Å². The summed E-state index contributed by atoms with van der Waals surface area (Å²) in [6, 6.07) is 0. The average Bonchev–Trinajstić information content (AvgIpc) is 3.21. The minimum absolute atomic E-state index is 0.0313. The van der Waals surface area contributed by atoms with Crippen molar-refractivity contribution in [3.8, 4) is 0 Å². The number of hydrogen-bond donors (Lipinski definition) is 1. The van der Waals surface area contributed by atoms with Crippen LogP contribution in [0.25, 0.3) is 0 Å². The molecule has 4 rings (SSSR count). The standard InChI is InChI=1S/C18H27N5O2/c1-21-10-14(8-20-21)15-11-22(9-13-2-3-13)12-16(15)18(25)23-6-4-17(24)19-5-7-23/h8,10,13,15-16H,2-7,9,11-12H2,1H3,(H,19,24)/t15-,16+/m0/s1. The van der Waals surface area contributed by atoms with Gasteiger partial charge in [-0.2, -0.15) is 5.10 Å². The quantitative estimate of drug-likeness (QED) is 0.846. The van der Waals surface area contributed by atoms with E-state index in [0.717, 1.165) is 31.1 Å². The maximum atomic E-state index is 13.2. The summed E-state index contributed by atoms with van der Waals surface area (Å²) in [6.07, 6.45) is 7.00. The Labute approximate surface area is 148 Å². The van der Waals surface area contributed by atoms with Gasteiger partial charge in [-0.15, -0.1) is 0 Å². The Kier molecular flexibility index (Phi) is 4.50. The molecule has 1 aromatic rings. The molecule has 0 radical (unpaired) electrons. The van der Waals surface area contributed by atoms with Gasteiger partial charge in [-0.1, -0.05) is 0 Å². The number of amides is 2. The maximum Gasteiger partial charge on any atom is 0.227 e. The number of likely N-dealkylation sites (tertiary alicyclic amines) is 1. The van der Waals surface area contributed by atoms with E-state index in [9.17, 15) is 9.59 Å². The molecule has 7 nitrogen and oxygen atoms in total. The fraction of sp³-hybridized carbons (Fsp3) is 0.722. The summed E-state index contributed by atoms with van der Waals surface area (Å²) >= 11 is 0. The van der Waals surface area contributed by atoms with Crippen molar-refractivity contribution < 1.29 is 9.59 Å². The molecule has 1 saturated carbocycles. The van der Waals surface area contributed by atoms with E-state index < -0.39 is 0 Å². The molecule has 25 heavy (non-hydrogen) atoms. The van der Waals surface area contributed by atoms with Crippen LogP contribution in [0.3, 0.4) is 0 Å². The number of carbonyl (C=O) groups excluding carboxylic acids is 2. The van der Waals surface area contributed by atoms with Crippen LogP contribution in [0.2, 0.25) is 0 Å². The fourth-order valence-corrected chi connectivity index (χ4v) is 4.14. The molecule has 1 N–H and O–H groups in total. The predicted molar refractivity (Wildman–Crippen MR) is 92.8 cm³/mol. The number of aryl methyl sites for hydroxylation is 1. The van der Waals surface area contributed by atoms with Gasteiger partial charge in [-0.3, -0.25) is 14.3 Å². The molecular weight excluding hydrogens is 318 g/mol. The van der Waals surface area contributed by atoms with Crippen LogP contribution in [0.5, 0.6) is 0 Å². The lowest BCUT2D eigenvalue weighted by Crippen LogP contribution is -2.40. The molecular formula is C18H27N5O2. The second-order valence-electron chi connectivity index (χ2n) is 7.75. The number of rotatable bonds is 4. The van der Waals surface area contributed by atoms with Crippen LogP contribution in [-0.4, -0.2) is 70.7 Å². The largest absolute Gasteiger partial charge is 0.354 e. The second kappa shape index (κ2) is 6.78. The maximum absolute atomic E-state index is 13.2. The van der Waals surface area contributed by atoms with Gasteiger partial charge in [0.05, 0.1) is 12.1 Å². The third kappa shape index (κ3) is 3.71. The summed E-state index contributed by atoms with van der Waals surface area (Å²) in [5, 5.41) is 7.16. The first-order valence-electron chi connectivity index (χ1n) is 9.36. The fourth-order valence-electron chi connectivity index (χ4n) is 4.14. The molecule has 2 atom stereocenters. The third-order valence-corrected chi connectivity index (χ3v) is 5.70. The molecule has 0 unspecified atom stereocenters. The number of nitrogens with zero attached hydrogens (tertiary/aromatic N) is 4. The first kappa shape index (κ1) is 16.6. The zero-order chi connectivity index (χ0) is 17.4. The molecule has 0 aromatic carbocycles. The Bertz CT molecular complexity index is 654. The van der Waals surface area contributed by atoms with Gasteiger partial charge in [0.2, 0.25) is 11.8 Å². The highest BCUT2D eigenvalue weighted by Crippen LogP contribution is 2.37. The molecule has 3 fully saturated rings. The normalized spacial score (nSPS) is 28.0. The topological polar surface area (TPSA) is 70.5 Å². The summed E-state index contributed by atoms with van der Waals surface area (Å²) in [5.41, 5.74) is 1.16. The Morgan fingerprint density at radius 1 is 1.32 bits per heavy atom. The molecule has 0 bridgehead atoms. The van der Waals surface area contributed by atoms with Crippen molar-refractivity contribution in [3.63, 3.8) is 0 Å².